The molecular formula is C11H13N5O2. The summed E-state index contributed by atoms with van der Waals surface area (Å²) < 4.78 is 1.72. The van der Waals surface area contributed by atoms with E-state index in [1.807, 2.05) is 25.2 Å². The van der Waals surface area contributed by atoms with Crippen molar-refractivity contribution in [2.75, 3.05) is 11.9 Å². The van der Waals surface area contributed by atoms with Gasteiger partial charge in [-0.15, -0.1) is 0 Å². The Hall–Kier alpha value is -2.44. The van der Waals surface area contributed by atoms with E-state index in [-0.39, 0.29) is 5.56 Å². The maximum absolute atomic E-state index is 10.7. The van der Waals surface area contributed by atoms with Crippen molar-refractivity contribution in [1.82, 2.24) is 19.7 Å². The molecule has 0 aliphatic carbocycles. The van der Waals surface area contributed by atoms with Crippen LogP contribution in [0.25, 0.3) is 0 Å². The van der Waals surface area contributed by atoms with E-state index in [2.05, 4.69) is 15.1 Å². The molecule has 0 fully saturated rings. The second-order valence-electron chi connectivity index (χ2n) is 3.96. The van der Waals surface area contributed by atoms with E-state index in [0.717, 1.165) is 5.56 Å². The first-order chi connectivity index (χ1) is 8.56. The van der Waals surface area contributed by atoms with Gasteiger partial charge >= 0.3 is 5.97 Å². The Kier molecular flexibility index (Phi) is 3.22. The molecule has 1 N–H and O–H groups in total. The van der Waals surface area contributed by atoms with Gasteiger partial charge in [-0.1, -0.05) is 0 Å². The molecule has 18 heavy (non-hydrogen) atoms. The molecule has 94 valence electrons. The van der Waals surface area contributed by atoms with Gasteiger partial charge in [-0.3, -0.25) is 4.68 Å². The van der Waals surface area contributed by atoms with Crippen LogP contribution in [0.4, 0.5) is 5.95 Å². The Bertz CT molecular complexity index is 549. The van der Waals surface area contributed by atoms with E-state index >= 15 is 0 Å². The van der Waals surface area contributed by atoms with Crippen molar-refractivity contribution >= 4 is 11.9 Å². The zero-order chi connectivity index (χ0) is 13.1. The highest BCUT2D eigenvalue weighted by Crippen LogP contribution is 2.09. The molecule has 7 heteroatoms. The maximum atomic E-state index is 10.7. The summed E-state index contributed by atoms with van der Waals surface area (Å²) in [4.78, 5) is 20.5. The number of hydrogen-bond donors (Lipinski definition) is 1. The fourth-order valence-electron chi connectivity index (χ4n) is 1.53. The minimum absolute atomic E-state index is 0.0773. The normalized spacial score (nSPS) is 10.3. The van der Waals surface area contributed by atoms with Crippen LogP contribution in [0.15, 0.2) is 24.8 Å². The van der Waals surface area contributed by atoms with Crippen LogP contribution in [-0.2, 0) is 13.6 Å². The second-order valence-corrected chi connectivity index (χ2v) is 3.96. The fourth-order valence-corrected chi connectivity index (χ4v) is 1.53. The van der Waals surface area contributed by atoms with Gasteiger partial charge in [0.1, 0.15) is 0 Å². The summed E-state index contributed by atoms with van der Waals surface area (Å²) in [5.74, 6) is -0.555. The Morgan fingerprint density at radius 3 is 2.56 bits per heavy atom. The fraction of sp³-hybridized carbons (Fsp3) is 0.273. The van der Waals surface area contributed by atoms with E-state index in [4.69, 9.17) is 5.11 Å². The topological polar surface area (TPSA) is 84.1 Å². The van der Waals surface area contributed by atoms with Gasteiger partial charge in [0.05, 0.1) is 11.8 Å². The zero-order valence-electron chi connectivity index (χ0n) is 10.1. The molecule has 0 spiro atoms. The molecule has 0 saturated heterocycles. The Morgan fingerprint density at radius 2 is 2.06 bits per heavy atom. The van der Waals surface area contributed by atoms with E-state index in [9.17, 15) is 4.79 Å². The molecule has 0 unspecified atom stereocenters. The molecule has 2 rings (SSSR count). The Labute approximate surface area is 104 Å². The molecule has 0 amide bonds. The minimum Gasteiger partial charge on any atom is -0.478 e. The lowest BCUT2D eigenvalue weighted by molar-refractivity contribution is 0.0696. The molecule has 2 aromatic heterocycles. The van der Waals surface area contributed by atoms with E-state index in [1.54, 1.807) is 10.9 Å². The third kappa shape index (κ3) is 2.62. The van der Waals surface area contributed by atoms with Gasteiger partial charge in [-0.2, -0.15) is 5.10 Å². The summed E-state index contributed by atoms with van der Waals surface area (Å²) in [7, 11) is 3.68. The first-order valence-corrected chi connectivity index (χ1v) is 5.30. The molecule has 2 heterocycles. The molecule has 2 aromatic rings. The van der Waals surface area contributed by atoms with Gasteiger partial charge in [0.25, 0.3) is 0 Å². The number of aromatic nitrogens is 4. The van der Waals surface area contributed by atoms with Gasteiger partial charge in [0, 0.05) is 44.8 Å². The smallest absolute Gasteiger partial charge is 0.338 e. The van der Waals surface area contributed by atoms with Gasteiger partial charge < -0.3 is 10.0 Å². The summed E-state index contributed by atoms with van der Waals surface area (Å²) in [5.41, 5.74) is 1.11. The van der Waals surface area contributed by atoms with Crippen molar-refractivity contribution < 1.29 is 9.90 Å². The highest BCUT2D eigenvalue weighted by molar-refractivity contribution is 5.86. The molecule has 0 radical (unpaired) electrons. The van der Waals surface area contributed by atoms with E-state index < -0.39 is 5.97 Å². The van der Waals surface area contributed by atoms with Crippen molar-refractivity contribution in [3.8, 4) is 0 Å². The lowest BCUT2D eigenvalue weighted by Gasteiger charge is -2.15. The largest absolute Gasteiger partial charge is 0.478 e. The zero-order valence-corrected chi connectivity index (χ0v) is 10.1. The van der Waals surface area contributed by atoms with Gasteiger partial charge in [-0.25, -0.2) is 14.8 Å². The number of anilines is 1. The SMILES string of the molecule is CN(Cc1cnn(C)c1)c1ncc(C(=O)O)cn1. The van der Waals surface area contributed by atoms with Gasteiger partial charge in [0.15, 0.2) is 0 Å². The molecule has 0 bridgehead atoms. The quantitative estimate of drug-likeness (QED) is 0.849. The average molecular weight is 247 g/mol. The minimum atomic E-state index is -1.03. The lowest BCUT2D eigenvalue weighted by atomic mass is 10.3. The number of carbonyl (C=O) groups is 1. The molecule has 0 saturated carbocycles. The highest BCUT2D eigenvalue weighted by atomic mass is 16.4. The van der Waals surface area contributed by atoms with E-state index in [0.29, 0.717) is 12.5 Å². The van der Waals surface area contributed by atoms with Crippen LogP contribution >= 0.6 is 0 Å². The van der Waals surface area contributed by atoms with Crippen LogP contribution in [0.2, 0.25) is 0 Å². The third-order valence-electron chi connectivity index (χ3n) is 2.40. The number of carboxylic acids is 1. The number of aryl methyl sites for hydroxylation is 1. The van der Waals surface area contributed by atoms with Crippen LogP contribution in [0.3, 0.4) is 0 Å². The van der Waals surface area contributed by atoms with Crippen molar-refractivity contribution in [2.45, 2.75) is 6.54 Å². The first kappa shape index (κ1) is 12.0. The summed E-state index contributed by atoms with van der Waals surface area (Å²) in [6.45, 7) is 0.611. The molecule has 0 aromatic carbocycles. The standard InChI is InChI=1S/C11H13N5O2/c1-15(6-8-3-14-16(2)7-8)11-12-4-9(5-13-11)10(17)18/h3-5,7H,6H2,1-2H3,(H,17,18). The molecule has 0 atom stereocenters. The Morgan fingerprint density at radius 1 is 1.39 bits per heavy atom. The van der Waals surface area contributed by atoms with Gasteiger partial charge in [-0.05, 0) is 0 Å². The van der Waals surface area contributed by atoms with E-state index in [1.165, 1.54) is 12.4 Å². The van der Waals surface area contributed by atoms with Crippen molar-refractivity contribution in [3.05, 3.63) is 35.9 Å². The highest BCUT2D eigenvalue weighted by Gasteiger charge is 2.08. The maximum Gasteiger partial charge on any atom is 0.338 e. The predicted octanol–water partition coefficient (Wildman–Crippen LogP) is 0.545. The van der Waals surface area contributed by atoms with Crippen LogP contribution in [0.5, 0.6) is 0 Å². The van der Waals surface area contributed by atoms with Crippen LogP contribution in [-0.4, -0.2) is 37.9 Å². The average Bonchev–Trinajstić information content (AvgIpc) is 2.75. The molecule has 7 nitrogen and oxygen atoms in total. The molecular weight excluding hydrogens is 234 g/mol. The summed E-state index contributed by atoms with van der Waals surface area (Å²) in [6.07, 6.45) is 6.26. The van der Waals surface area contributed by atoms with Crippen LogP contribution < -0.4 is 4.90 Å². The number of rotatable bonds is 4. The second kappa shape index (κ2) is 4.82. The third-order valence-corrected chi connectivity index (χ3v) is 2.40. The van der Waals surface area contributed by atoms with Crippen molar-refractivity contribution in [1.29, 1.82) is 0 Å². The predicted molar refractivity (Wildman–Crippen MR) is 64.3 cm³/mol. The number of hydrogen-bond acceptors (Lipinski definition) is 5. The number of carboxylic acid groups (broad SMARTS) is 1. The summed E-state index contributed by atoms with van der Waals surface area (Å²) in [6, 6.07) is 0. The summed E-state index contributed by atoms with van der Waals surface area (Å²) in [5, 5.41) is 12.8. The molecule has 0 aliphatic rings. The molecule has 0 aliphatic heterocycles. The number of nitrogens with zero attached hydrogens (tertiary/aromatic N) is 5. The van der Waals surface area contributed by atoms with Gasteiger partial charge in [0.2, 0.25) is 5.95 Å². The van der Waals surface area contributed by atoms with Crippen LogP contribution in [0.1, 0.15) is 15.9 Å². The lowest BCUT2D eigenvalue weighted by Crippen LogP contribution is -2.19. The van der Waals surface area contributed by atoms with Crippen molar-refractivity contribution in [3.63, 3.8) is 0 Å². The first-order valence-electron chi connectivity index (χ1n) is 5.30. The monoisotopic (exact) mass is 247 g/mol. The van der Waals surface area contributed by atoms with Crippen LogP contribution in [0, 0.1) is 0 Å². The Balaban J connectivity index is 2.09. The van der Waals surface area contributed by atoms with Crippen molar-refractivity contribution in [2.24, 2.45) is 7.05 Å². The number of aromatic carboxylic acids is 1. The summed E-state index contributed by atoms with van der Waals surface area (Å²) >= 11 is 0.